The van der Waals surface area contributed by atoms with Crippen LogP contribution < -0.4 is 11.1 Å². The number of hydrogen-bond acceptors (Lipinski definition) is 2. The van der Waals surface area contributed by atoms with Gasteiger partial charge in [0.05, 0.1) is 5.92 Å². The maximum atomic E-state index is 12.9. The molecule has 3 nitrogen and oxygen atoms in total. The second-order valence-corrected chi connectivity index (χ2v) is 3.66. The van der Waals surface area contributed by atoms with Gasteiger partial charge in [-0.2, -0.15) is 0 Å². The van der Waals surface area contributed by atoms with Crippen LogP contribution in [0.1, 0.15) is 12.5 Å². The SMILES string of the molecule is CCNC(=O)C(CN)Cc1cccc(F)c1. The van der Waals surface area contributed by atoms with Gasteiger partial charge < -0.3 is 11.1 Å². The highest BCUT2D eigenvalue weighted by Gasteiger charge is 2.16. The smallest absolute Gasteiger partial charge is 0.224 e. The molecule has 0 spiro atoms. The molecule has 16 heavy (non-hydrogen) atoms. The van der Waals surface area contributed by atoms with Crippen molar-refractivity contribution in [1.82, 2.24) is 5.32 Å². The average molecular weight is 224 g/mol. The number of carbonyl (C=O) groups is 1. The van der Waals surface area contributed by atoms with Crippen molar-refractivity contribution in [1.29, 1.82) is 0 Å². The van der Waals surface area contributed by atoms with Crippen LogP contribution in [0.2, 0.25) is 0 Å². The van der Waals surface area contributed by atoms with Gasteiger partial charge >= 0.3 is 0 Å². The van der Waals surface area contributed by atoms with Crippen molar-refractivity contribution >= 4 is 5.91 Å². The Balaban J connectivity index is 2.66. The van der Waals surface area contributed by atoms with Crippen LogP contribution in [-0.2, 0) is 11.2 Å². The van der Waals surface area contributed by atoms with E-state index in [1.54, 1.807) is 12.1 Å². The molecule has 4 heteroatoms. The standard InChI is InChI=1S/C12H17FN2O/c1-2-15-12(16)10(8-14)6-9-4-3-5-11(13)7-9/h3-5,7,10H,2,6,8,14H2,1H3,(H,15,16). The molecule has 0 heterocycles. The van der Waals surface area contributed by atoms with Gasteiger partial charge in [0.15, 0.2) is 0 Å². The zero-order chi connectivity index (χ0) is 12.0. The number of nitrogens with one attached hydrogen (secondary N) is 1. The third-order valence-electron chi connectivity index (χ3n) is 2.38. The van der Waals surface area contributed by atoms with Gasteiger partial charge in [-0.1, -0.05) is 12.1 Å². The highest BCUT2D eigenvalue weighted by atomic mass is 19.1. The highest BCUT2D eigenvalue weighted by molar-refractivity contribution is 5.79. The molecule has 0 bridgehead atoms. The summed E-state index contributed by atoms with van der Waals surface area (Å²) in [5.41, 5.74) is 6.33. The van der Waals surface area contributed by atoms with Gasteiger partial charge in [-0.15, -0.1) is 0 Å². The maximum absolute atomic E-state index is 12.9. The zero-order valence-corrected chi connectivity index (χ0v) is 9.37. The second-order valence-electron chi connectivity index (χ2n) is 3.66. The van der Waals surface area contributed by atoms with E-state index in [0.29, 0.717) is 13.0 Å². The van der Waals surface area contributed by atoms with Crippen molar-refractivity contribution in [3.63, 3.8) is 0 Å². The lowest BCUT2D eigenvalue weighted by Crippen LogP contribution is -2.36. The van der Waals surface area contributed by atoms with Gasteiger partial charge in [0.2, 0.25) is 5.91 Å². The number of hydrogen-bond donors (Lipinski definition) is 2. The molecule has 0 aliphatic carbocycles. The summed E-state index contributed by atoms with van der Waals surface area (Å²) in [5, 5.41) is 2.72. The van der Waals surface area contributed by atoms with Crippen molar-refractivity contribution in [2.75, 3.05) is 13.1 Å². The summed E-state index contributed by atoms with van der Waals surface area (Å²) in [6.07, 6.45) is 0.472. The number of rotatable bonds is 5. The van der Waals surface area contributed by atoms with Gasteiger partial charge in [-0.05, 0) is 31.0 Å². The molecule has 1 unspecified atom stereocenters. The van der Waals surface area contributed by atoms with Gasteiger partial charge in [-0.3, -0.25) is 4.79 Å². The molecule has 1 atom stereocenters. The Hall–Kier alpha value is -1.42. The normalized spacial score (nSPS) is 12.2. The molecule has 0 radical (unpaired) electrons. The Labute approximate surface area is 94.8 Å². The molecule has 1 aromatic carbocycles. The Kier molecular flexibility index (Phi) is 4.92. The molecular weight excluding hydrogens is 207 g/mol. The van der Waals surface area contributed by atoms with Gasteiger partial charge in [0.25, 0.3) is 0 Å². The van der Waals surface area contributed by atoms with Crippen molar-refractivity contribution in [2.45, 2.75) is 13.3 Å². The molecular formula is C12H17FN2O. The summed E-state index contributed by atoms with van der Waals surface area (Å²) < 4.78 is 12.9. The first-order chi connectivity index (χ1) is 7.67. The Bertz CT molecular complexity index is 355. The molecule has 0 aliphatic heterocycles. The third-order valence-corrected chi connectivity index (χ3v) is 2.38. The zero-order valence-electron chi connectivity index (χ0n) is 9.37. The van der Waals surface area contributed by atoms with Gasteiger partial charge in [0, 0.05) is 13.1 Å². The summed E-state index contributed by atoms with van der Waals surface area (Å²) in [5.74, 6) is -0.653. The first-order valence-electron chi connectivity index (χ1n) is 5.39. The molecule has 0 saturated carbocycles. The fourth-order valence-corrected chi connectivity index (χ4v) is 1.55. The van der Waals surface area contributed by atoms with E-state index in [1.807, 2.05) is 6.92 Å². The quantitative estimate of drug-likeness (QED) is 0.786. The minimum atomic E-state index is -0.290. The number of halogens is 1. The molecule has 0 fully saturated rings. The van der Waals surface area contributed by atoms with E-state index >= 15 is 0 Å². The second kappa shape index (κ2) is 6.23. The predicted octanol–water partition coefficient (Wildman–Crippen LogP) is 1.08. The van der Waals surface area contributed by atoms with Crippen LogP contribution in [0, 0.1) is 11.7 Å². The Morgan fingerprint density at radius 3 is 2.88 bits per heavy atom. The fraction of sp³-hybridized carbons (Fsp3) is 0.417. The maximum Gasteiger partial charge on any atom is 0.224 e. The van der Waals surface area contributed by atoms with E-state index in [9.17, 15) is 9.18 Å². The van der Waals surface area contributed by atoms with Crippen LogP contribution in [0.15, 0.2) is 24.3 Å². The minimum Gasteiger partial charge on any atom is -0.356 e. The summed E-state index contributed by atoms with van der Waals surface area (Å²) in [7, 11) is 0. The Morgan fingerprint density at radius 1 is 1.56 bits per heavy atom. The van der Waals surface area contributed by atoms with Gasteiger partial charge in [-0.25, -0.2) is 4.39 Å². The Morgan fingerprint density at radius 2 is 2.31 bits per heavy atom. The lowest BCUT2D eigenvalue weighted by atomic mass is 9.98. The topological polar surface area (TPSA) is 55.1 Å². The first-order valence-corrected chi connectivity index (χ1v) is 5.39. The number of benzene rings is 1. The molecule has 1 amide bonds. The van der Waals surface area contributed by atoms with Crippen molar-refractivity contribution in [3.8, 4) is 0 Å². The summed E-state index contributed by atoms with van der Waals surface area (Å²) in [4.78, 5) is 11.6. The van der Waals surface area contributed by atoms with Crippen LogP contribution in [0.3, 0.4) is 0 Å². The van der Waals surface area contributed by atoms with Crippen LogP contribution in [-0.4, -0.2) is 19.0 Å². The summed E-state index contributed by atoms with van der Waals surface area (Å²) in [6.45, 7) is 2.70. The highest BCUT2D eigenvalue weighted by Crippen LogP contribution is 2.10. The predicted molar refractivity (Wildman–Crippen MR) is 61.3 cm³/mol. The third kappa shape index (κ3) is 3.62. The largest absolute Gasteiger partial charge is 0.356 e. The van der Waals surface area contributed by atoms with Crippen molar-refractivity contribution in [3.05, 3.63) is 35.6 Å². The van der Waals surface area contributed by atoms with E-state index in [1.165, 1.54) is 12.1 Å². The van der Waals surface area contributed by atoms with Crippen LogP contribution in [0.25, 0.3) is 0 Å². The summed E-state index contributed by atoms with van der Waals surface area (Å²) in [6, 6.07) is 6.25. The first kappa shape index (κ1) is 12.6. The lowest BCUT2D eigenvalue weighted by Gasteiger charge is -2.14. The molecule has 0 saturated heterocycles. The van der Waals surface area contributed by atoms with E-state index in [0.717, 1.165) is 5.56 Å². The van der Waals surface area contributed by atoms with Crippen molar-refractivity contribution in [2.24, 2.45) is 11.7 Å². The summed E-state index contributed by atoms with van der Waals surface area (Å²) >= 11 is 0. The monoisotopic (exact) mass is 224 g/mol. The average Bonchev–Trinajstić information content (AvgIpc) is 2.26. The lowest BCUT2D eigenvalue weighted by molar-refractivity contribution is -0.124. The van der Waals surface area contributed by atoms with Gasteiger partial charge in [0.1, 0.15) is 5.82 Å². The fourth-order valence-electron chi connectivity index (χ4n) is 1.55. The minimum absolute atomic E-state index is 0.0748. The molecule has 0 aromatic heterocycles. The number of amides is 1. The van der Waals surface area contributed by atoms with Crippen molar-refractivity contribution < 1.29 is 9.18 Å². The van der Waals surface area contributed by atoms with E-state index < -0.39 is 0 Å². The molecule has 1 aromatic rings. The van der Waals surface area contributed by atoms with E-state index in [-0.39, 0.29) is 24.2 Å². The van der Waals surface area contributed by atoms with Crippen LogP contribution >= 0.6 is 0 Å². The van der Waals surface area contributed by atoms with Crippen LogP contribution in [0.5, 0.6) is 0 Å². The van der Waals surface area contributed by atoms with E-state index in [4.69, 9.17) is 5.73 Å². The van der Waals surface area contributed by atoms with E-state index in [2.05, 4.69) is 5.32 Å². The molecule has 3 N–H and O–H groups in total. The van der Waals surface area contributed by atoms with Crippen LogP contribution in [0.4, 0.5) is 4.39 Å². The molecule has 0 aliphatic rings. The number of nitrogens with two attached hydrogens (primary N) is 1. The number of carbonyl (C=O) groups excluding carboxylic acids is 1. The molecule has 1 rings (SSSR count). The molecule has 88 valence electrons.